The van der Waals surface area contributed by atoms with Crippen molar-refractivity contribution in [1.82, 2.24) is 0 Å². The lowest BCUT2D eigenvalue weighted by molar-refractivity contribution is 0.660. The molecule has 0 atom stereocenters. The van der Waals surface area contributed by atoms with E-state index in [9.17, 15) is 0 Å². The molecular formula is C63H48N2OSi. The van der Waals surface area contributed by atoms with Crippen molar-refractivity contribution in [1.29, 1.82) is 0 Å². The topological polar surface area (TPSA) is 19.6 Å². The zero-order valence-corrected chi connectivity index (χ0v) is 38.6. The highest BCUT2D eigenvalue weighted by Gasteiger charge is 2.42. The van der Waals surface area contributed by atoms with Crippen LogP contribution in [0.15, 0.2) is 259 Å². The second kappa shape index (κ2) is 16.4. The molecule has 0 bridgehead atoms. The van der Waals surface area contributed by atoms with Gasteiger partial charge in [-0.1, -0.05) is 184 Å². The summed E-state index contributed by atoms with van der Waals surface area (Å²) in [5.74, 6) is 0. The average Bonchev–Trinajstić information content (AvgIpc) is 3.87. The highest BCUT2D eigenvalue weighted by atomic mass is 28.3. The second-order valence-electron chi connectivity index (χ2n) is 18.1. The Balaban J connectivity index is 1.03. The average molecular weight is 877 g/mol. The fraction of sp³-hybridized carbons (Fsp3) is 0.0476. The van der Waals surface area contributed by atoms with Crippen LogP contribution in [0.3, 0.4) is 0 Å². The van der Waals surface area contributed by atoms with Gasteiger partial charge in [-0.05, 0) is 122 Å². The Morgan fingerprint density at radius 2 is 0.761 bits per heavy atom. The third-order valence-corrected chi connectivity index (χ3v) is 18.8. The van der Waals surface area contributed by atoms with Gasteiger partial charge in [0.1, 0.15) is 11.2 Å². The van der Waals surface area contributed by atoms with E-state index in [-0.39, 0.29) is 5.41 Å². The van der Waals surface area contributed by atoms with Gasteiger partial charge in [-0.25, -0.2) is 0 Å². The third kappa shape index (κ3) is 6.71. The lowest BCUT2D eigenvalue weighted by Gasteiger charge is -2.36. The molecule has 1 aliphatic carbocycles. The van der Waals surface area contributed by atoms with E-state index in [0.717, 1.165) is 56.1 Å². The standard InChI is InChI=1S/C63H48N2OSi/c1-63(2)59-32-17-15-30-55(59)58-43-49(37-41-60(58)63)64(45-20-7-3-8-21-45)47-34-38-53(39-35-47)67(51-25-11-5-12-26-51,52-27-13-6-14-28-52)54-29-19-24-48(42-54)65(46-22-9-4-10-23-46)50-36-40-57-56-31-16-18-33-61(56)66-62(57)44-50/h3-44H,1-2H3. The van der Waals surface area contributed by atoms with Crippen LogP contribution in [-0.2, 0) is 5.41 Å². The van der Waals surface area contributed by atoms with Crippen molar-refractivity contribution in [2.24, 2.45) is 0 Å². The molecule has 12 rings (SSSR count). The van der Waals surface area contributed by atoms with Crippen LogP contribution in [0.25, 0.3) is 33.1 Å². The van der Waals surface area contributed by atoms with Crippen molar-refractivity contribution >= 4 is 84.9 Å². The van der Waals surface area contributed by atoms with E-state index in [1.165, 1.54) is 43.0 Å². The molecule has 0 saturated heterocycles. The van der Waals surface area contributed by atoms with Gasteiger partial charge >= 0.3 is 0 Å². The fourth-order valence-electron chi connectivity index (χ4n) is 10.9. The Bertz CT molecular complexity index is 3510. The number of anilines is 6. The molecule has 1 aromatic heterocycles. The van der Waals surface area contributed by atoms with Crippen LogP contribution in [0.5, 0.6) is 0 Å². The molecule has 11 aromatic rings. The summed E-state index contributed by atoms with van der Waals surface area (Å²) in [6, 6.07) is 93.4. The first-order chi connectivity index (χ1) is 33.0. The maximum absolute atomic E-state index is 6.47. The second-order valence-corrected chi connectivity index (χ2v) is 21.9. The quantitative estimate of drug-likeness (QED) is 0.101. The van der Waals surface area contributed by atoms with Crippen LogP contribution < -0.4 is 30.5 Å². The monoisotopic (exact) mass is 876 g/mol. The molecule has 3 nitrogen and oxygen atoms in total. The van der Waals surface area contributed by atoms with Gasteiger partial charge in [0, 0.05) is 56.4 Å². The molecule has 1 aliphatic rings. The number of benzene rings is 10. The van der Waals surface area contributed by atoms with E-state index in [1.807, 2.05) is 12.1 Å². The summed E-state index contributed by atoms with van der Waals surface area (Å²) in [5, 5.41) is 7.47. The summed E-state index contributed by atoms with van der Waals surface area (Å²) in [4.78, 5) is 4.77. The minimum Gasteiger partial charge on any atom is -0.456 e. The van der Waals surface area contributed by atoms with Crippen LogP contribution >= 0.6 is 0 Å². The van der Waals surface area contributed by atoms with Crippen LogP contribution in [0.2, 0.25) is 0 Å². The number of hydrogen-bond acceptors (Lipinski definition) is 3. The molecule has 0 N–H and O–H groups in total. The van der Waals surface area contributed by atoms with Crippen LogP contribution in [0.4, 0.5) is 34.1 Å². The van der Waals surface area contributed by atoms with Crippen molar-refractivity contribution in [3.63, 3.8) is 0 Å². The molecule has 0 fully saturated rings. The van der Waals surface area contributed by atoms with Gasteiger partial charge < -0.3 is 14.2 Å². The molecule has 0 radical (unpaired) electrons. The number of rotatable bonds is 10. The summed E-state index contributed by atoms with van der Waals surface area (Å²) in [5.41, 5.74) is 13.6. The molecule has 0 unspecified atom stereocenters. The Morgan fingerprint density at radius 1 is 0.313 bits per heavy atom. The molecule has 4 heteroatoms. The van der Waals surface area contributed by atoms with Crippen molar-refractivity contribution in [3.8, 4) is 11.1 Å². The van der Waals surface area contributed by atoms with Gasteiger partial charge in [0.2, 0.25) is 0 Å². The van der Waals surface area contributed by atoms with Crippen molar-refractivity contribution < 1.29 is 4.42 Å². The van der Waals surface area contributed by atoms with Gasteiger partial charge in [0.15, 0.2) is 8.07 Å². The van der Waals surface area contributed by atoms with Crippen LogP contribution in [-0.4, -0.2) is 8.07 Å². The predicted octanol–water partition coefficient (Wildman–Crippen LogP) is 14.2. The van der Waals surface area contributed by atoms with Crippen LogP contribution in [0.1, 0.15) is 25.0 Å². The maximum atomic E-state index is 6.47. The van der Waals surface area contributed by atoms with Gasteiger partial charge in [-0.3, -0.25) is 0 Å². The molecule has 320 valence electrons. The van der Waals surface area contributed by atoms with Crippen molar-refractivity contribution in [3.05, 3.63) is 266 Å². The van der Waals surface area contributed by atoms with E-state index >= 15 is 0 Å². The normalized spacial score (nSPS) is 12.7. The molecule has 0 aliphatic heterocycles. The van der Waals surface area contributed by atoms with Gasteiger partial charge in [-0.15, -0.1) is 0 Å². The molecule has 0 amide bonds. The smallest absolute Gasteiger partial charge is 0.179 e. The minimum atomic E-state index is -2.99. The Labute approximate surface area is 393 Å². The zero-order valence-electron chi connectivity index (χ0n) is 37.6. The Kier molecular flexibility index (Phi) is 9.85. The lowest BCUT2D eigenvalue weighted by Crippen LogP contribution is -2.74. The Morgan fingerprint density at radius 3 is 1.45 bits per heavy atom. The molecule has 10 aromatic carbocycles. The number of para-hydroxylation sites is 3. The first kappa shape index (κ1) is 40.3. The first-order valence-corrected chi connectivity index (χ1v) is 25.2. The summed E-state index contributed by atoms with van der Waals surface area (Å²) in [6.07, 6.45) is 0. The van der Waals surface area contributed by atoms with Crippen molar-refractivity contribution in [2.75, 3.05) is 9.80 Å². The first-order valence-electron chi connectivity index (χ1n) is 23.2. The fourth-order valence-corrected chi connectivity index (χ4v) is 15.6. The maximum Gasteiger partial charge on any atom is 0.179 e. The van der Waals surface area contributed by atoms with Crippen LogP contribution in [0, 0.1) is 0 Å². The van der Waals surface area contributed by atoms with Gasteiger partial charge in [0.25, 0.3) is 0 Å². The Hall–Kier alpha value is -8.18. The van der Waals surface area contributed by atoms with Crippen molar-refractivity contribution in [2.45, 2.75) is 19.3 Å². The van der Waals surface area contributed by atoms with E-state index in [1.54, 1.807) is 0 Å². The summed E-state index contributed by atoms with van der Waals surface area (Å²) < 4.78 is 6.47. The largest absolute Gasteiger partial charge is 0.456 e. The highest BCUT2D eigenvalue weighted by molar-refractivity contribution is 7.20. The molecule has 0 spiro atoms. The zero-order chi connectivity index (χ0) is 45.0. The number of fused-ring (bicyclic) bond motifs is 6. The minimum absolute atomic E-state index is 0.0654. The van der Waals surface area contributed by atoms with E-state index in [4.69, 9.17) is 4.42 Å². The summed E-state index contributed by atoms with van der Waals surface area (Å²) in [7, 11) is -2.99. The lowest BCUT2D eigenvalue weighted by atomic mass is 9.82. The highest BCUT2D eigenvalue weighted by Crippen LogP contribution is 2.50. The molecule has 1 heterocycles. The molecule has 0 saturated carbocycles. The van der Waals surface area contributed by atoms with E-state index < -0.39 is 8.07 Å². The summed E-state index contributed by atoms with van der Waals surface area (Å²) in [6.45, 7) is 4.69. The SMILES string of the molecule is CC1(C)c2ccccc2-c2cc(N(c3ccccc3)c3ccc([Si](c4ccccc4)(c4ccccc4)c4cccc(N(c5ccccc5)c5ccc6c(c5)oc5ccccc56)c4)cc3)ccc21. The third-order valence-electron chi connectivity index (χ3n) is 14.0. The molecular weight excluding hydrogens is 829 g/mol. The van der Waals surface area contributed by atoms with E-state index in [2.05, 4.69) is 266 Å². The number of hydrogen-bond donors (Lipinski definition) is 0. The number of furan rings is 1. The predicted molar refractivity (Wildman–Crippen MR) is 284 cm³/mol. The van der Waals surface area contributed by atoms with Gasteiger partial charge in [0.05, 0.1) is 0 Å². The van der Waals surface area contributed by atoms with Gasteiger partial charge in [-0.2, -0.15) is 0 Å². The summed E-state index contributed by atoms with van der Waals surface area (Å²) >= 11 is 0. The van der Waals surface area contributed by atoms with E-state index in [0.29, 0.717) is 0 Å². The number of nitrogens with zero attached hydrogens (tertiary/aromatic N) is 2. The molecule has 67 heavy (non-hydrogen) atoms.